The zero-order chi connectivity index (χ0) is 13.7. The Morgan fingerprint density at radius 3 is 2.90 bits per heavy atom. The van der Waals surface area contributed by atoms with Crippen molar-refractivity contribution >= 4 is 11.0 Å². The first kappa shape index (κ1) is 12.4. The fraction of sp³-hybridized carbons (Fsp3) is 0.500. The second-order valence-corrected chi connectivity index (χ2v) is 5.85. The van der Waals surface area contributed by atoms with E-state index >= 15 is 0 Å². The predicted molar refractivity (Wildman–Crippen MR) is 74.0 cm³/mol. The summed E-state index contributed by atoms with van der Waals surface area (Å²) in [5, 5.41) is 4.15. The van der Waals surface area contributed by atoms with Crippen LogP contribution < -0.4 is 5.32 Å². The van der Waals surface area contributed by atoms with Crippen LogP contribution in [0.2, 0.25) is 0 Å². The van der Waals surface area contributed by atoms with Crippen molar-refractivity contribution in [3.05, 3.63) is 35.8 Å². The Kier molecular flexibility index (Phi) is 2.82. The summed E-state index contributed by atoms with van der Waals surface area (Å²) in [5.41, 5.74) is 0.354. The molecule has 2 bridgehead atoms. The second kappa shape index (κ2) is 4.57. The monoisotopic (exact) mass is 275 g/mol. The first-order valence-electron chi connectivity index (χ1n) is 7.27. The minimum absolute atomic E-state index is 0.0945. The zero-order valence-electron chi connectivity index (χ0n) is 11.4. The van der Waals surface area contributed by atoms with Crippen LogP contribution in [0.4, 0.5) is 4.39 Å². The fourth-order valence-corrected chi connectivity index (χ4v) is 3.80. The number of hydrogen-bond donors (Lipinski definition) is 1. The number of ether oxygens (including phenoxy) is 1. The van der Waals surface area contributed by atoms with Gasteiger partial charge in [-0.05, 0) is 38.4 Å². The van der Waals surface area contributed by atoms with Gasteiger partial charge in [0.15, 0.2) is 11.4 Å². The van der Waals surface area contributed by atoms with Crippen LogP contribution in [0.1, 0.15) is 31.1 Å². The van der Waals surface area contributed by atoms with Crippen molar-refractivity contribution in [2.24, 2.45) is 5.92 Å². The van der Waals surface area contributed by atoms with Gasteiger partial charge in [-0.25, -0.2) is 4.39 Å². The SMILES string of the molecule is CNC(c1cc2cccc(F)c2o1)C1CC2CCC1O2. The lowest BCUT2D eigenvalue weighted by Gasteiger charge is -2.26. The van der Waals surface area contributed by atoms with Crippen molar-refractivity contribution in [1.29, 1.82) is 0 Å². The van der Waals surface area contributed by atoms with E-state index in [2.05, 4.69) is 5.32 Å². The van der Waals surface area contributed by atoms with Crippen LogP contribution in [0.3, 0.4) is 0 Å². The third kappa shape index (κ3) is 1.79. The van der Waals surface area contributed by atoms with E-state index in [-0.39, 0.29) is 11.9 Å². The summed E-state index contributed by atoms with van der Waals surface area (Å²) < 4.78 is 25.5. The lowest BCUT2D eigenvalue weighted by Crippen LogP contribution is -2.31. The van der Waals surface area contributed by atoms with Crippen LogP contribution >= 0.6 is 0 Å². The van der Waals surface area contributed by atoms with Gasteiger partial charge in [0, 0.05) is 11.3 Å². The van der Waals surface area contributed by atoms with E-state index in [1.165, 1.54) is 12.5 Å². The molecule has 3 heterocycles. The van der Waals surface area contributed by atoms with Gasteiger partial charge in [-0.3, -0.25) is 0 Å². The lowest BCUT2D eigenvalue weighted by molar-refractivity contribution is 0.0845. The molecular formula is C16H18FNO2. The van der Waals surface area contributed by atoms with E-state index in [4.69, 9.17) is 9.15 Å². The molecule has 3 nitrogen and oxygen atoms in total. The minimum atomic E-state index is -0.298. The van der Waals surface area contributed by atoms with Crippen molar-refractivity contribution in [3.8, 4) is 0 Å². The molecule has 1 aromatic carbocycles. The summed E-state index contributed by atoms with van der Waals surface area (Å²) in [4.78, 5) is 0. The average Bonchev–Trinajstić information content (AvgIpc) is 3.14. The van der Waals surface area contributed by atoms with Gasteiger partial charge in [0.1, 0.15) is 5.76 Å². The van der Waals surface area contributed by atoms with Gasteiger partial charge in [0.2, 0.25) is 0 Å². The maximum absolute atomic E-state index is 13.8. The molecule has 20 heavy (non-hydrogen) atoms. The van der Waals surface area contributed by atoms with Crippen LogP contribution in [0.15, 0.2) is 28.7 Å². The third-order valence-corrected chi connectivity index (χ3v) is 4.71. The second-order valence-electron chi connectivity index (χ2n) is 5.85. The number of benzene rings is 1. The van der Waals surface area contributed by atoms with Gasteiger partial charge >= 0.3 is 0 Å². The van der Waals surface area contributed by atoms with Crippen molar-refractivity contribution in [1.82, 2.24) is 5.32 Å². The smallest absolute Gasteiger partial charge is 0.169 e. The number of nitrogens with one attached hydrogen (secondary N) is 1. The highest BCUT2D eigenvalue weighted by Crippen LogP contribution is 2.45. The summed E-state index contributed by atoms with van der Waals surface area (Å²) >= 11 is 0. The highest BCUT2D eigenvalue weighted by molar-refractivity contribution is 5.78. The molecule has 1 aromatic heterocycles. The molecule has 2 aliphatic rings. The van der Waals surface area contributed by atoms with E-state index in [1.54, 1.807) is 6.07 Å². The number of fused-ring (bicyclic) bond motifs is 3. The third-order valence-electron chi connectivity index (χ3n) is 4.71. The molecule has 2 aliphatic heterocycles. The summed E-state index contributed by atoms with van der Waals surface area (Å²) in [7, 11) is 1.93. The van der Waals surface area contributed by atoms with Crippen molar-refractivity contribution in [2.75, 3.05) is 7.05 Å². The normalized spacial score (nSPS) is 30.2. The molecule has 4 atom stereocenters. The highest BCUT2D eigenvalue weighted by atomic mass is 19.1. The summed E-state index contributed by atoms with van der Waals surface area (Å²) in [5.74, 6) is 0.934. The molecule has 1 N–H and O–H groups in total. The largest absolute Gasteiger partial charge is 0.456 e. The Balaban J connectivity index is 1.71. The lowest BCUT2D eigenvalue weighted by atomic mass is 9.83. The van der Waals surface area contributed by atoms with Gasteiger partial charge in [-0.2, -0.15) is 0 Å². The Morgan fingerprint density at radius 1 is 1.35 bits per heavy atom. The first-order chi connectivity index (χ1) is 9.76. The van der Waals surface area contributed by atoms with E-state index in [9.17, 15) is 4.39 Å². The van der Waals surface area contributed by atoms with Crippen LogP contribution in [0, 0.1) is 11.7 Å². The molecule has 4 unspecified atom stereocenters. The van der Waals surface area contributed by atoms with Crippen molar-refractivity contribution in [2.45, 2.75) is 37.5 Å². The van der Waals surface area contributed by atoms with Crippen molar-refractivity contribution in [3.63, 3.8) is 0 Å². The molecule has 0 amide bonds. The minimum Gasteiger partial charge on any atom is -0.456 e. The van der Waals surface area contributed by atoms with Gasteiger partial charge < -0.3 is 14.5 Å². The topological polar surface area (TPSA) is 34.4 Å². The maximum Gasteiger partial charge on any atom is 0.169 e. The summed E-state index contributed by atoms with van der Waals surface area (Å²) in [6.07, 6.45) is 4.09. The zero-order valence-corrected chi connectivity index (χ0v) is 11.4. The van der Waals surface area contributed by atoms with E-state index in [1.807, 2.05) is 19.2 Å². The molecule has 106 valence electrons. The van der Waals surface area contributed by atoms with Gasteiger partial charge in [0.05, 0.1) is 18.2 Å². The molecule has 0 spiro atoms. The van der Waals surface area contributed by atoms with Gasteiger partial charge in [0.25, 0.3) is 0 Å². The number of furan rings is 1. The standard InChI is InChI=1S/C16H18FNO2/c1-18-15(11-8-10-5-6-13(11)19-10)14-7-9-3-2-4-12(17)16(9)20-14/h2-4,7,10-11,13,15,18H,5-6,8H2,1H3. The molecule has 4 rings (SSSR count). The summed E-state index contributed by atoms with van der Waals surface area (Å²) in [6.45, 7) is 0. The number of rotatable bonds is 3. The molecule has 2 aromatic rings. The Labute approximate surface area is 117 Å². The fourth-order valence-electron chi connectivity index (χ4n) is 3.80. The first-order valence-corrected chi connectivity index (χ1v) is 7.27. The Bertz CT molecular complexity index is 638. The van der Waals surface area contributed by atoms with Crippen molar-refractivity contribution < 1.29 is 13.5 Å². The van der Waals surface area contributed by atoms with Gasteiger partial charge in [-0.15, -0.1) is 0 Å². The molecule has 2 fully saturated rings. The van der Waals surface area contributed by atoms with Crippen LogP contribution in [0.5, 0.6) is 0 Å². The highest BCUT2D eigenvalue weighted by Gasteiger charge is 2.45. The van der Waals surface area contributed by atoms with E-state index in [0.717, 1.165) is 24.0 Å². The number of halogens is 1. The number of hydrogen-bond acceptors (Lipinski definition) is 3. The molecule has 4 heteroatoms. The van der Waals surface area contributed by atoms with Crippen LogP contribution in [-0.2, 0) is 4.74 Å². The summed E-state index contributed by atoms with van der Waals surface area (Å²) in [6, 6.07) is 7.08. The Hall–Kier alpha value is -1.39. The van der Waals surface area contributed by atoms with E-state index < -0.39 is 0 Å². The average molecular weight is 275 g/mol. The van der Waals surface area contributed by atoms with E-state index in [0.29, 0.717) is 23.7 Å². The quantitative estimate of drug-likeness (QED) is 0.932. The molecule has 0 aliphatic carbocycles. The number of para-hydroxylation sites is 1. The predicted octanol–water partition coefficient (Wildman–Crippen LogP) is 3.40. The molecule has 2 saturated heterocycles. The molecule has 0 saturated carbocycles. The van der Waals surface area contributed by atoms with Crippen LogP contribution in [-0.4, -0.2) is 19.3 Å². The maximum atomic E-state index is 13.8. The molecular weight excluding hydrogens is 257 g/mol. The Morgan fingerprint density at radius 2 is 2.25 bits per heavy atom. The molecule has 0 radical (unpaired) electrons. The van der Waals surface area contributed by atoms with Gasteiger partial charge in [-0.1, -0.05) is 12.1 Å². The van der Waals surface area contributed by atoms with Crippen LogP contribution in [0.25, 0.3) is 11.0 Å².